The Hall–Kier alpha value is -0.440. The minimum Gasteiger partial charge on any atom is -0.506 e. The lowest BCUT2D eigenvalue weighted by Crippen LogP contribution is -2.34. The molecule has 0 aromatic heterocycles. The van der Waals surface area contributed by atoms with Gasteiger partial charge in [0, 0.05) is 23.2 Å². The molecule has 1 heterocycles. The van der Waals surface area contributed by atoms with Crippen LogP contribution in [0.5, 0.6) is 5.75 Å². The van der Waals surface area contributed by atoms with Gasteiger partial charge in [-0.05, 0) is 43.9 Å². The summed E-state index contributed by atoms with van der Waals surface area (Å²) in [7, 11) is 0. The van der Waals surface area contributed by atoms with Crippen molar-refractivity contribution in [2.24, 2.45) is 5.92 Å². The van der Waals surface area contributed by atoms with E-state index in [1.165, 1.54) is 32.1 Å². The molecule has 0 bridgehead atoms. The topological polar surface area (TPSA) is 23.5 Å². The highest BCUT2D eigenvalue weighted by atomic mass is 35.5. The third kappa shape index (κ3) is 2.72. The Balaban J connectivity index is 1.78. The highest BCUT2D eigenvalue weighted by Crippen LogP contribution is 2.39. The number of halogens is 2. The molecule has 1 aromatic carbocycles. The summed E-state index contributed by atoms with van der Waals surface area (Å²) in [5.74, 6) is 1.04. The Labute approximate surface area is 124 Å². The number of hydrogen-bond donors (Lipinski definition) is 1. The molecular weight excluding hydrogens is 281 g/mol. The van der Waals surface area contributed by atoms with Crippen molar-refractivity contribution in [1.29, 1.82) is 0 Å². The maximum atomic E-state index is 10.1. The summed E-state index contributed by atoms with van der Waals surface area (Å²) in [5.41, 5.74) is 0.851. The Morgan fingerprint density at radius 2 is 1.95 bits per heavy atom. The van der Waals surface area contributed by atoms with Crippen molar-refractivity contribution in [3.8, 4) is 5.75 Å². The van der Waals surface area contributed by atoms with Crippen LogP contribution >= 0.6 is 23.2 Å². The molecule has 2 fully saturated rings. The second-order valence-corrected chi connectivity index (χ2v) is 6.61. The third-order valence-electron chi connectivity index (χ3n) is 4.61. The van der Waals surface area contributed by atoms with Gasteiger partial charge in [0.2, 0.25) is 0 Å². The van der Waals surface area contributed by atoms with Gasteiger partial charge in [-0.3, -0.25) is 4.90 Å². The molecule has 1 aliphatic carbocycles. The molecular formula is C15H19Cl2NO. The van der Waals surface area contributed by atoms with Gasteiger partial charge in [-0.1, -0.05) is 36.0 Å². The number of benzene rings is 1. The lowest BCUT2D eigenvalue weighted by atomic mass is 9.85. The SMILES string of the molecule is Oc1c(Cl)cc(Cl)cc1CN1CCC2CCCCC21. The Morgan fingerprint density at radius 1 is 1.16 bits per heavy atom. The van der Waals surface area contributed by atoms with Crippen LogP contribution in [0.4, 0.5) is 0 Å². The standard InChI is InChI=1S/C15H19Cl2NO/c16-12-7-11(15(19)13(17)8-12)9-18-6-5-10-3-1-2-4-14(10)18/h7-8,10,14,19H,1-6,9H2. The van der Waals surface area contributed by atoms with E-state index in [0.717, 1.165) is 24.6 Å². The number of phenols is 1. The maximum Gasteiger partial charge on any atom is 0.138 e. The fourth-order valence-corrected chi connectivity index (χ4v) is 4.19. The Kier molecular flexibility index (Phi) is 3.93. The lowest BCUT2D eigenvalue weighted by Gasteiger charge is -2.31. The fourth-order valence-electron chi connectivity index (χ4n) is 3.66. The molecule has 0 amide bonds. The number of aromatic hydroxyl groups is 1. The summed E-state index contributed by atoms with van der Waals surface area (Å²) in [5, 5.41) is 11.0. The van der Waals surface area contributed by atoms with E-state index in [0.29, 0.717) is 16.1 Å². The quantitative estimate of drug-likeness (QED) is 0.871. The first-order valence-electron chi connectivity index (χ1n) is 7.06. The molecule has 1 aliphatic heterocycles. The molecule has 1 saturated carbocycles. The van der Waals surface area contributed by atoms with Gasteiger partial charge in [0.1, 0.15) is 5.75 Å². The molecule has 0 spiro atoms. The summed E-state index contributed by atoms with van der Waals surface area (Å²) in [4.78, 5) is 2.49. The first kappa shape index (κ1) is 13.5. The van der Waals surface area contributed by atoms with Gasteiger partial charge >= 0.3 is 0 Å². The van der Waals surface area contributed by atoms with Gasteiger partial charge in [-0.25, -0.2) is 0 Å². The van der Waals surface area contributed by atoms with Crippen molar-refractivity contribution >= 4 is 23.2 Å². The molecule has 104 valence electrons. The summed E-state index contributed by atoms with van der Waals surface area (Å²) in [6, 6.07) is 4.11. The smallest absolute Gasteiger partial charge is 0.138 e. The molecule has 4 heteroatoms. The average Bonchev–Trinajstić information content (AvgIpc) is 2.79. The predicted molar refractivity (Wildman–Crippen MR) is 78.9 cm³/mol. The zero-order valence-electron chi connectivity index (χ0n) is 10.9. The molecule has 19 heavy (non-hydrogen) atoms. The number of phenolic OH excluding ortho intramolecular Hbond substituents is 1. The zero-order valence-corrected chi connectivity index (χ0v) is 12.4. The highest BCUT2D eigenvalue weighted by Gasteiger charge is 2.35. The Bertz CT molecular complexity index is 477. The van der Waals surface area contributed by atoms with Crippen LogP contribution < -0.4 is 0 Å². The average molecular weight is 300 g/mol. The first-order valence-corrected chi connectivity index (χ1v) is 7.81. The highest BCUT2D eigenvalue weighted by molar-refractivity contribution is 6.35. The molecule has 1 saturated heterocycles. The van der Waals surface area contributed by atoms with E-state index in [4.69, 9.17) is 23.2 Å². The van der Waals surface area contributed by atoms with Crippen LogP contribution in [0, 0.1) is 5.92 Å². The van der Waals surface area contributed by atoms with Crippen molar-refractivity contribution in [3.63, 3.8) is 0 Å². The number of hydrogen-bond acceptors (Lipinski definition) is 2. The van der Waals surface area contributed by atoms with Gasteiger partial charge in [0.25, 0.3) is 0 Å². The van der Waals surface area contributed by atoms with Crippen LogP contribution in [-0.2, 0) is 6.54 Å². The summed E-state index contributed by atoms with van der Waals surface area (Å²) < 4.78 is 0. The second kappa shape index (κ2) is 5.51. The van der Waals surface area contributed by atoms with E-state index in [1.54, 1.807) is 6.07 Å². The molecule has 2 unspecified atom stereocenters. The number of rotatable bonds is 2. The van der Waals surface area contributed by atoms with Gasteiger partial charge in [0.15, 0.2) is 0 Å². The van der Waals surface area contributed by atoms with E-state index >= 15 is 0 Å². The Morgan fingerprint density at radius 3 is 2.79 bits per heavy atom. The largest absolute Gasteiger partial charge is 0.506 e. The molecule has 1 aromatic rings. The minimum atomic E-state index is 0.185. The summed E-state index contributed by atoms with van der Waals surface area (Å²) in [6.07, 6.45) is 6.66. The minimum absolute atomic E-state index is 0.185. The van der Waals surface area contributed by atoms with Crippen LogP contribution in [0.15, 0.2) is 12.1 Å². The van der Waals surface area contributed by atoms with Crippen LogP contribution in [0.1, 0.15) is 37.7 Å². The molecule has 0 radical (unpaired) electrons. The van der Waals surface area contributed by atoms with Crippen LogP contribution in [0.2, 0.25) is 10.0 Å². The van der Waals surface area contributed by atoms with Crippen LogP contribution in [-0.4, -0.2) is 22.6 Å². The number of fused-ring (bicyclic) bond motifs is 1. The normalized spacial score (nSPS) is 27.5. The van der Waals surface area contributed by atoms with Gasteiger partial charge in [0.05, 0.1) is 5.02 Å². The predicted octanol–water partition coefficient (Wildman–Crippen LogP) is 4.46. The van der Waals surface area contributed by atoms with Gasteiger partial charge in [-0.2, -0.15) is 0 Å². The van der Waals surface area contributed by atoms with E-state index in [9.17, 15) is 5.11 Å². The van der Waals surface area contributed by atoms with Crippen molar-refractivity contribution in [2.75, 3.05) is 6.54 Å². The van der Waals surface area contributed by atoms with Crippen LogP contribution in [0.25, 0.3) is 0 Å². The molecule has 2 atom stereocenters. The molecule has 3 rings (SSSR count). The summed E-state index contributed by atoms with van der Waals surface area (Å²) >= 11 is 12.0. The van der Waals surface area contributed by atoms with E-state index in [-0.39, 0.29) is 5.75 Å². The van der Waals surface area contributed by atoms with Gasteiger partial charge < -0.3 is 5.11 Å². The first-order chi connectivity index (χ1) is 9.15. The van der Waals surface area contributed by atoms with Gasteiger partial charge in [-0.15, -0.1) is 0 Å². The van der Waals surface area contributed by atoms with Crippen molar-refractivity contribution in [1.82, 2.24) is 4.90 Å². The van der Waals surface area contributed by atoms with Crippen molar-refractivity contribution < 1.29 is 5.11 Å². The monoisotopic (exact) mass is 299 g/mol. The lowest BCUT2D eigenvalue weighted by molar-refractivity contribution is 0.174. The molecule has 2 aliphatic rings. The number of likely N-dealkylation sites (tertiary alicyclic amines) is 1. The molecule has 2 nitrogen and oxygen atoms in total. The van der Waals surface area contributed by atoms with E-state index in [2.05, 4.69) is 4.90 Å². The van der Waals surface area contributed by atoms with Crippen molar-refractivity contribution in [3.05, 3.63) is 27.7 Å². The van der Waals surface area contributed by atoms with E-state index in [1.807, 2.05) is 6.07 Å². The second-order valence-electron chi connectivity index (χ2n) is 5.77. The fraction of sp³-hybridized carbons (Fsp3) is 0.600. The van der Waals surface area contributed by atoms with Crippen LogP contribution in [0.3, 0.4) is 0 Å². The van der Waals surface area contributed by atoms with E-state index < -0.39 is 0 Å². The summed E-state index contributed by atoms with van der Waals surface area (Å²) in [6.45, 7) is 1.88. The number of nitrogens with zero attached hydrogens (tertiary/aromatic N) is 1. The van der Waals surface area contributed by atoms with Crippen molar-refractivity contribution in [2.45, 2.75) is 44.7 Å². The maximum absolute atomic E-state index is 10.1. The zero-order chi connectivity index (χ0) is 13.4. The third-order valence-corrected chi connectivity index (χ3v) is 5.11. The molecule has 1 N–H and O–H groups in total.